The van der Waals surface area contributed by atoms with Gasteiger partial charge >= 0.3 is 0 Å². The summed E-state index contributed by atoms with van der Waals surface area (Å²) in [5.74, 6) is -0.159. The van der Waals surface area contributed by atoms with Crippen molar-refractivity contribution in [1.82, 2.24) is 29.4 Å². The van der Waals surface area contributed by atoms with Gasteiger partial charge in [0.1, 0.15) is 17.0 Å². The van der Waals surface area contributed by atoms with Gasteiger partial charge in [-0.2, -0.15) is 0 Å². The lowest BCUT2D eigenvalue weighted by atomic mass is 9.90. The van der Waals surface area contributed by atoms with E-state index in [9.17, 15) is 9.90 Å². The normalized spacial score (nSPS) is 21.3. The van der Waals surface area contributed by atoms with Crippen molar-refractivity contribution in [3.8, 4) is 0 Å². The molecule has 0 radical (unpaired) electrons. The number of aliphatic hydroxyl groups is 1. The average Bonchev–Trinajstić information content (AvgIpc) is 3.24. The number of β-amino-alcohol motifs (C(OH)–C–C–N with tert-alkyl or cyclic N) is 1. The minimum Gasteiger partial charge on any atom is -0.382 e. The van der Waals surface area contributed by atoms with Crippen LogP contribution in [0.4, 0.5) is 0 Å². The first-order valence-corrected chi connectivity index (χ1v) is 8.77. The van der Waals surface area contributed by atoms with Crippen LogP contribution >= 0.6 is 0 Å². The fourth-order valence-corrected chi connectivity index (χ4v) is 3.05. The summed E-state index contributed by atoms with van der Waals surface area (Å²) in [7, 11) is 0. The minimum atomic E-state index is -1.17. The summed E-state index contributed by atoms with van der Waals surface area (Å²) >= 11 is 0. The Morgan fingerprint density at radius 2 is 2.00 bits per heavy atom. The maximum atomic E-state index is 12.8. The van der Waals surface area contributed by atoms with E-state index in [0.717, 1.165) is 0 Å². The van der Waals surface area contributed by atoms with Crippen molar-refractivity contribution in [2.75, 3.05) is 13.1 Å². The monoisotopic (exact) mass is 346 g/mol. The number of rotatable bonds is 4. The molecule has 0 bridgehead atoms. The van der Waals surface area contributed by atoms with Crippen LogP contribution in [0.2, 0.25) is 0 Å². The van der Waals surface area contributed by atoms with Crippen LogP contribution < -0.4 is 0 Å². The fraction of sp³-hybridized carbons (Fsp3) is 0.647. The highest BCUT2D eigenvalue weighted by atomic mass is 16.3. The van der Waals surface area contributed by atoms with Crippen molar-refractivity contribution in [3.63, 3.8) is 0 Å². The summed E-state index contributed by atoms with van der Waals surface area (Å²) in [5.41, 5.74) is -0.239. The van der Waals surface area contributed by atoms with Crippen molar-refractivity contribution in [2.24, 2.45) is 0 Å². The molecule has 0 aliphatic carbocycles. The summed E-state index contributed by atoms with van der Waals surface area (Å²) in [4.78, 5) is 18.6. The lowest BCUT2D eigenvalue weighted by Gasteiger charge is -2.37. The standard InChI is InChI=1S/C17H26N6O2/c1-12(2)22-8-14(18-11-22)16(24)21-7-5-6-17(25,10-21)15-9-23(13(3)4)20-19-15/h8-9,11-13,25H,5-7,10H2,1-4H3/t17-/m1/s1. The topological polar surface area (TPSA) is 89.1 Å². The first-order valence-electron chi connectivity index (χ1n) is 8.77. The third kappa shape index (κ3) is 3.44. The lowest BCUT2D eigenvalue weighted by Crippen LogP contribution is -2.48. The van der Waals surface area contributed by atoms with Gasteiger partial charge in [-0.25, -0.2) is 9.67 Å². The molecule has 136 valence electrons. The molecular formula is C17H26N6O2. The van der Waals surface area contributed by atoms with Gasteiger partial charge in [-0.1, -0.05) is 5.21 Å². The van der Waals surface area contributed by atoms with Gasteiger partial charge in [-0.05, 0) is 40.5 Å². The number of hydrogen-bond donors (Lipinski definition) is 1. The van der Waals surface area contributed by atoms with Crippen LogP contribution in [0.5, 0.6) is 0 Å². The molecule has 0 spiro atoms. The Kier molecular flexibility index (Phi) is 4.64. The van der Waals surface area contributed by atoms with Gasteiger partial charge in [0.05, 0.1) is 19.1 Å². The molecular weight excluding hydrogens is 320 g/mol. The molecule has 1 aliphatic heterocycles. The number of carbonyl (C=O) groups is 1. The molecule has 25 heavy (non-hydrogen) atoms. The van der Waals surface area contributed by atoms with Crippen molar-refractivity contribution in [3.05, 3.63) is 30.1 Å². The maximum absolute atomic E-state index is 12.8. The van der Waals surface area contributed by atoms with Crippen LogP contribution in [0.25, 0.3) is 0 Å². The number of piperidine rings is 1. The second-order valence-electron chi connectivity index (χ2n) is 7.34. The Morgan fingerprint density at radius 3 is 2.60 bits per heavy atom. The van der Waals surface area contributed by atoms with E-state index in [1.54, 1.807) is 28.3 Å². The summed E-state index contributed by atoms with van der Waals surface area (Å²) < 4.78 is 3.62. The summed E-state index contributed by atoms with van der Waals surface area (Å²) in [6.45, 7) is 8.89. The minimum absolute atomic E-state index is 0.159. The Labute approximate surface area is 147 Å². The maximum Gasteiger partial charge on any atom is 0.274 e. The molecule has 2 aromatic rings. The highest BCUT2D eigenvalue weighted by molar-refractivity contribution is 5.92. The number of likely N-dealkylation sites (tertiary alicyclic amines) is 1. The van der Waals surface area contributed by atoms with E-state index >= 15 is 0 Å². The smallest absolute Gasteiger partial charge is 0.274 e. The Hall–Kier alpha value is -2.22. The van der Waals surface area contributed by atoms with Gasteiger partial charge in [0.15, 0.2) is 0 Å². The number of hydrogen-bond acceptors (Lipinski definition) is 5. The Bertz CT molecular complexity index is 750. The zero-order chi connectivity index (χ0) is 18.2. The van der Waals surface area contributed by atoms with Crippen molar-refractivity contribution in [2.45, 2.75) is 58.2 Å². The molecule has 1 aliphatic rings. The van der Waals surface area contributed by atoms with Gasteiger partial charge in [0, 0.05) is 24.8 Å². The quantitative estimate of drug-likeness (QED) is 0.911. The first-order chi connectivity index (χ1) is 11.8. The SMILES string of the molecule is CC(C)n1cnc(C(=O)N2CCC[C@](O)(c3cn(C(C)C)nn3)C2)c1. The molecule has 0 unspecified atom stereocenters. The van der Waals surface area contributed by atoms with E-state index in [0.29, 0.717) is 30.8 Å². The van der Waals surface area contributed by atoms with Crippen LogP contribution in [0.1, 0.15) is 68.8 Å². The second kappa shape index (κ2) is 6.59. The number of aromatic nitrogens is 5. The van der Waals surface area contributed by atoms with Crippen molar-refractivity contribution >= 4 is 5.91 Å². The zero-order valence-electron chi connectivity index (χ0n) is 15.3. The van der Waals surface area contributed by atoms with E-state index < -0.39 is 5.60 Å². The molecule has 1 atom stereocenters. The lowest BCUT2D eigenvalue weighted by molar-refractivity contribution is -0.0322. The van der Waals surface area contributed by atoms with Gasteiger partial charge in [0.2, 0.25) is 0 Å². The van der Waals surface area contributed by atoms with E-state index in [-0.39, 0.29) is 24.5 Å². The molecule has 3 heterocycles. The predicted molar refractivity (Wildman–Crippen MR) is 92.1 cm³/mol. The van der Waals surface area contributed by atoms with Crippen LogP contribution in [0.3, 0.4) is 0 Å². The van der Waals surface area contributed by atoms with Crippen LogP contribution in [-0.2, 0) is 5.60 Å². The molecule has 0 aromatic carbocycles. The molecule has 3 rings (SSSR count). The predicted octanol–water partition coefficient (Wildman–Crippen LogP) is 1.76. The van der Waals surface area contributed by atoms with E-state index in [1.165, 1.54) is 0 Å². The molecule has 8 heteroatoms. The van der Waals surface area contributed by atoms with E-state index in [1.807, 2.05) is 32.3 Å². The van der Waals surface area contributed by atoms with Gasteiger partial charge in [0.25, 0.3) is 5.91 Å². The second-order valence-corrected chi connectivity index (χ2v) is 7.34. The molecule has 1 amide bonds. The highest BCUT2D eigenvalue weighted by Gasteiger charge is 2.39. The van der Waals surface area contributed by atoms with Crippen molar-refractivity contribution < 1.29 is 9.90 Å². The molecule has 1 fully saturated rings. The molecule has 8 nitrogen and oxygen atoms in total. The molecule has 0 saturated carbocycles. The highest BCUT2D eigenvalue weighted by Crippen LogP contribution is 2.31. The van der Waals surface area contributed by atoms with E-state index in [4.69, 9.17) is 0 Å². The fourth-order valence-electron chi connectivity index (χ4n) is 3.05. The number of imidazole rings is 1. The van der Waals surface area contributed by atoms with Crippen LogP contribution in [-0.4, -0.2) is 53.5 Å². The third-order valence-corrected chi connectivity index (χ3v) is 4.69. The van der Waals surface area contributed by atoms with Crippen LogP contribution in [0.15, 0.2) is 18.7 Å². The van der Waals surface area contributed by atoms with Gasteiger partial charge in [-0.3, -0.25) is 4.79 Å². The van der Waals surface area contributed by atoms with Gasteiger partial charge in [-0.15, -0.1) is 5.10 Å². The summed E-state index contributed by atoms with van der Waals surface area (Å²) in [5, 5.41) is 19.3. The first kappa shape index (κ1) is 17.6. The van der Waals surface area contributed by atoms with E-state index in [2.05, 4.69) is 15.3 Å². The summed E-state index contributed by atoms with van der Waals surface area (Å²) in [6.07, 6.45) is 6.47. The van der Waals surface area contributed by atoms with Crippen molar-refractivity contribution in [1.29, 1.82) is 0 Å². The van der Waals surface area contributed by atoms with Gasteiger partial charge < -0.3 is 14.6 Å². The zero-order valence-corrected chi connectivity index (χ0v) is 15.3. The van der Waals surface area contributed by atoms with Crippen LogP contribution in [0, 0.1) is 0 Å². The number of amides is 1. The largest absolute Gasteiger partial charge is 0.382 e. The summed E-state index contributed by atoms with van der Waals surface area (Å²) in [6, 6.07) is 0.421. The Morgan fingerprint density at radius 1 is 1.24 bits per heavy atom. The molecule has 1 N–H and O–H groups in total. The number of nitrogens with zero attached hydrogens (tertiary/aromatic N) is 6. The molecule has 2 aromatic heterocycles. The third-order valence-electron chi connectivity index (χ3n) is 4.69. The molecule has 1 saturated heterocycles. The average molecular weight is 346 g/mol. The Balaban J connectivity index is 1.78. The number of carbonyl (C=O) groups excluding carboxylic acids is 1.